The first-order chi connectivity index (χ1) is 8.41. The van der Waals surface area contributed by atoms with Gasteiger partial charge in [0.25, 0.3) is 0 Å². The molecule has 0 fully saturated rings. The summed E-state index contributed by atoms with van der Waals surface area (Å²) in [5.41, 5.74) is 0.965. The van der Waals surface area contributed by atoms with Gasteiger partial charge < -0.3 is 5.32 Å². The highest BCUT2D eigenvalue weighted by molar-refractivity contribution is 8.00. The Balaban J connectivity index is 2.36. The fourth-order valence-corrected chi connectivity index (χ4v) is 2.81. The van der Waals surface area contributed by atoms with Crippen molar-refractivity contribution in [3.05, 3.63) is 6.33 Å². The standard InChI is InChI=1S/C12H18N4S2/c1-7(12(2,3)4)15-9-8-10(14-6-13-9)16-11(17-5)18-8/h6-7H,1-5H3,(H,13,14,15). The predicted molar refractivity (Wildman–Crippen MR) is 79.5 cm³/mol. The molecule has 0 spiro atoms. The highest BCUT2D eigenvalue weighted by atomic mass is 32.2. The molecule has 0 saturated heterocycles. The number of anilines is 1. The second-order valence-electron chi connectivity index (χ2n) is 5.29. The van der Waals surface area contributed by atoms with Gasteiger partial charge >= 0.3 is 0 Å². The molecule has 0 aromatic carbocycles. The molecule has 2 aromatic rings. The Hall–Kier alpha value is -0.880. The molecule has 0 saturated carbocycles. The van der Waals surface area contributed by atoms with E-state index in [2.05, 4.69) is 48.0 Å². The van der Waals surface area contributed by atoms with Crippen LogP contribution in [-0.2, 0) is 0 Å². The number of rotatable bonds is 3. The van der Waals surface area contributed by atoms with Gasteiger partial charge in [0.15, 0.2) is 9.99 Å². The average molecular weight is 282 g/mol. The molecule has 6 heteroatoms. The van der Waals surface area contributed by atoms with Crippen molar-refractivity contribution in [3.8, 4) is 0 Å². The van der Waals surface area contributed by atoms with E-state index < -0.39 is 0 Å². The second-order valence-corrected chi connectivity index (χ2v) is 7.34. The number of nitrogens with one attached hydrogen (secondary N) is 1. The minimum absolute atomic E-state index is 0.185. The van der Waals surface area contributed by atoms with Gasteiger partial charge in [-0.05, 0) is 18.6 Å². The zero-order chi connectivity index (χ0) is 13.3. The van der Waals surface area contributed by atoms with E-state index in [0.717, 1.165) is 20.5 Å². The third kappa shape index (κ3) is 2.75. The van der Waals surface area contributed by atoms with Gasteiger partial charge in [-0.1, -0.05) is 32.5 Å². The summed E-state index contributed by atoms with van der Waals surface area (Å²) in [7, 11) is 0. The van der Waals surface area contributed by atoms with Crippen molar-refractivity contribution in [1.29, 1.82) is 0 Å². The van der Waals surface area contributed by atoms with Crippen molar-refractivity contribution in [2.45, 2.75) is 38.1 Å². The third-order valence-electron chi connectivity index (χ3n) is 3.00. The maximum atomic E-state index is 4.45. The van der Waals surface area contributed by atoms with Crippen molar-refractivity contribution in [3.63, 3.8) is 0 Å². The lowest BCUT2D eigenvalue weighted by Gasteiger charge is -2.28. The van der Waals surface area contributed by atoms with E-state index in [1.807, 2.05) is 6.26 Å². The molecular formula is C12H18N4S2. The number of fused-ring (bicyclic) bond motifs is 1. The van der Waals surface area contributed by atoms with E-state index >= 15 is 0 Å². The first-order valence-corrected chi connectivity index (χ1v) is 7.88. The van der Waals surface area contributed by atoms with Crippen LogP contribution < -0.4 is 5.32 Å². The van der Waals surface area contributed by atoms with Crippen molar-refractivity contribution in [2.75, 3.05) is 11.6 Å². The molecule has 18 heavy (non-hydrogen) atoms. The van der Waals surface area contributed by atoms with Gasteiger partial charge in [-0.3, -0.25) is 0 Å². The van der Waals surface area contributed by atoms with Crippen molar-refractivity contribution >= 4 is 39.3 Å². The van der Waals surface area contributed by atoms with E-state index in [9.17, 15) is 0 Å². The molecule has 0 aliphatic rings. The third-order valence-corrected chi connectivity index (χ3v) is 5.03. The number of hydrogen-bond acceptors (Lipinski definition) is 6. The zero-order valence-corrected chi connectivity index (χ0v) is 12.9. The molecule has 0 aliphatic carbocycles. The molecule has 0 aliphatic heterocycles. The molecule has 0 radical (unpaired) electrons. The van der Waals surface area contributed by atoms with Crippen LogP contribution in [0.2, 0.25) is 0 Å². The van der Waals surface area contributed by atoms with E-state index in [1.54, 1.807) is 29.4 Å². The Morgan fingerprint density at radius 2 is 2.06 bits per heavy atom. The van der Waals surface area contributed by atoms with Crippen molar-refractivity contribution in [1.82, 2.24) is 15.0 Å². The summed E-state index contributed by atoms with van der Waals surface area (Å²) in [5.74, 6) is 0.889. The lowest BCUT2D eigenvalue weighted by Crippen LogP contribution is -2.31. The first kappa shape index (κ1) is 13.5. The van der Waals surface area contributed by atoms with Crippen LogP contribution in [-0.4, -0.2) is 27.2 Å². The van der Waals surface area contributed by atoms with Crippen LogP contribution in [0.3, 0.4) is 0 Å². The lowest BCUT2D eigenvalue weighted by molar-refractivity contribution is 0.359. The van der Waals surface area contributed by atoms with Crippen LogP contribution in [0.5, 0.6) is 0 Å². The van der Waals surface area contributed by atoms with Crippen LogP contribution in [0.4, 0.5) is 5.82 Å². The van der Waals surface area contributed by atoms with Crippen LogP contribution >= 0.6 is 23.1 Å². The largest absolute Gasteiger partial charge is 0.366 e. The number of aromatic nitrogens is 3. The van der Waals surface area contributed by atoms with Crippen LogP contribution in [0.15, 0.2) is 10.7 Å². The van der Waals surface area contributed by atoms with Gasteiger partial charge in [-0.2, -0.15) is 0 Å². The first-order valence-electron chi connectivity index (χ1n) is 5.84. The Labute approximate surface area is 116 Å². The van der Waals surface area contributed by atoms with Gasteiger partial charge in [0, 0.05) is 6.04 Å². The minimum atomic E-state index is 0.185. The summed E-state index contributed by atoms with van der Waals surface area (Å²) in [6.45, 7) is 8.81. The smallest absolute Gasteiger partial charge is 0.176 e. The van der Waals surface area contributed by atoms with Crippen LogP contribution in [0.25, 0.3) is 10.3 Å². The minimum Gasteiger partial charge on any atom is -0.366 e. The number of thioether (sulfide) groups is 1. The zero-order valence-electron chi connectivity index (χ0n) is 11.3. The molecule has 98 valence electrons. The van der Waals surface area contributed by atoms with Crippen molar-refractivity contribution < 1.29 is 0 Å². The van der Waals surface area contributed by atoms with E-state index in [1.165, 1.54) is 0 Å². The maximum Gasteiger partial charge on any atom is 0.176 e. The fraction of sp³-hybridized carbons (Fsp3) is 0.583. The highest BCUT2D eigenvalue weighted by Crippen LogP contribution is 2.32. The summed E-state index contributed by atoms with van der Waals surface area (Å²) < 4.78 is 2.06. The van der Waals surface area contributed by atoms with Gasteiger partial charge in [0.1, 0.15) is 16.8 Å². The Kier molecular flexibility index (Phi) is 3.77. The molecular weight excluding hydrogens is 264 g/mol. The Morgan fingerprint density at radius 3 is 2.67 bits per heavy atom. The summed E-state index contributed by atoms with van der Waals surface area (Å²) in [5, 5.41) is 3.47. The summed E-state index contributed by atoms with van der Waals surface area (Å²) >= 11 is 3.28. The van der Waals surface area contributed by atoms with E-state index in [0.29, 0.717) is 6.04 Å². The maximum absolute atomic E-state index is 4.45. The van der Waals surface area contributed by atoms with E-state index in [4.69, 9.17) is 0 Å². The fourth-order valence-electron chi connectivity index (χ4n) is 1.35. The van der Waals surface area contributed by atoms with Gasteiger partial charge in [0.05, 0.1) is 0 Å². The summed E-state index contributed by atoms with van der Waals surface area (Å²) in [6, 6.07) is 0.329. The molecule has 4 nitrogen and oxygen atoms in total. The average Bonchev–Trinajstić information content (AvgIpc) is 2.71. The highest BCUT2D eigenvalue weighted by Gasteiger charge is 2.21. The van der Waals surface area contributed by atoms with Gasteiger partial charge in [0.2, 0.25) is 0 Å². The molecule has 2 rings (SSSR count). The topological polar surface area (TPSA) is 50.7 Å². The van der Waals surface area contributed by atoms with E-state index in [-0.39, 0.29) is 5.41 Å². The number of nitrogens with zero attached hydrogens (tertiary/aromatic N) is 3. The van der Waals surface area contributed by atoms with Gasteiger partial charge in [-0.15, -0.1) is 11.3 Å². The monoisotopic (exact) mass is 282 g/mol. The molecule has 0 amide bonds. The summed E-state index contributed by atoms with van der Waals surface area (Å²) in [6.07, 6.45) is 3.60. The Bertz CT molecular complexity index is 544. The second kappa shape index (κ2) is 5.01. The predicted octanol–water partition coefficient (Wildman–Crippen LogP) is 3.65. The summed E-state index contributed by atoms with van der Waals surface area (Å²) in [4.78, 5) is 13.0. The normalized spacial score (nSPS) is 13.8. The quantitative estimate of drug-likeness (QED) is 0.871. The Morgan fingerprint density at radius 1 is 1.33 bits per heavy atom. The van der Waals surface area contributed by atoms with Gasteiger partial charge in [-0.25, -0.2) is 15.0 Å². The molecule has 1 N–H and O–H groups in total. The molecule has 2 heterocycles. The molecule has 2 aromatic heterocycles. The number of hydrogen-bond donors (Lipinski definition) is 1. The van der Waals surface area contributed by atoms with Crippen LogP contribution in [0.1, 0.15) is 27.7 Å². The molecule has 1 unspecified atom stereocenters. The number of thiazole rings is 1. The van der Waals surface area contributed by atoms with Crippen molar-refractivity contribution in [2.24, 2.45) is 5.41 Å². The lowest BCUT2D eigenvalue weighted by atomic mass is 9.88. The van der Waals surface area contributed by atoms with Crippen LogP contribution in [0, 0.1) is 5.41 Å². The SMILES string of the molecule is CSc1nc2ncnc(NC(C)C(C)(C)C)c2s1. The molecule has 0 bridgehead atoms. The molecule has 1 atom stereocenters.